The van der Waals surface area contributed by atoms with Crippen molar-refractivity contribution in [2.45, 2.75) is 292 Å². The molecule has 0 heteroatoms. The van der Waals surface area contributed by atoms with Gasteiger partial charge in [0.05, 0.1) is 0 Å². The summed E-state index contributed by atoms with van der Waals surface area (Å²) in [5.41, 5.74) is 22.2. The summed E-state index contributed by atoms with van der Waals surface area (Å²) in [5, 5.41) is 0. The van der Waals surface area contributed by atoms with E-state index in [1.165, 1.54) is 83.5 Å². The maximum atomic E-state index is 2.87. The zero-order valence-corrected chi connectivity index (χ0v) is 65.5. The molecule has 0 spiro atoms. The van der Waals surface area contributed by atoms with Gasteiger partial charge in [-0.25, -0.2) is 0 Å². The molecule has 0 heterocycles. The SMILES string of the molecule is CC(C)C1=CC(C(C)CC2=CC=C3C4CC5C(c6cc(C(C)(C)C)cc(C(C)(C)C)c6)CC6CCC7C8CCC9C%10CCC(c%11c(C(C)C)cccc%11C(C)C)CC%10C%10CCC(C%11CCC(CC(c%12cc(C(C)(C)C)cc(C(C)(C)C)c%12)C5CC4C4=CC=CC2C34)C6C7%11)C8C9%10)CC=C1. The minimum atomic E-state index is 0.0707. The highest BCUT2D eigenvalue weighted by Gasteiger charge is 2.68. The summed E-state index contributed by atoms with van der Waals surface area (Å²) >= 11 is 0. The summed E-state index contributed by atoms with van der Waals surface area (Å²) < 4.78 is 0. The van der Waals surface area contributed by atoms with E-state index >= 15 is 0 Å². The Balaban J connectivity index is 0.803. The van der Waals surface area contributed by atoms with Gasteiger partial charge < -0.3 is 0 Å². The van der Waals surface area contributed by atoms with Crippen molar-refractivity contribution in [1.82, 2.24) is 0 Å². The van der Waals surface area contributed by atoms with Crippen LogP contribution in [0.15, 0.2) is 125 Å². The molecule has 0 N–H and O–H groups in total. The highest BCUT2D eigenvalue weighted by Crippen LogP contribution is 2.75. The molecule has 0 radical (unpaired) electrons. The van der Waals surface area contributed by atoms with Crippen LogP contribution in [-0.2, 0) is 21.7 Å². The molecule has 25 atom stereocenters. The third-order valence-corrected chi connectivity index (χ3v) is 32.3. The minimum absolute atomic E-state index is 0.0707. The lowest BCUT2D eigenvalue weighted by Gasteiger charge is -2.66. The van der Waals surface area contributed by atoms with Gasteiger partial charge in [-0.05, 0) is 340 Å². The van der Waals surface area contributed by atoms with Crippen LogP contribution in [0.2, 0.25) is 0 Å². The first-order valence-electron chi connectivity index (χ1n) is 42.1. The monoisotopic (exact) mass is 1310 g/mol. The van der Waals surface area contributed by atoms with E-state index in [4.69, 9.17) is 0 Å². The van der Waals surface area contributed by atoms with Gasteiger partial charge in [-0.1, -0.05) is 251 Å². The quantitative estimate of drug-likeness (QED) is 0.200. The van der Waals surface area contributed by atoms with Crippen LogP contribution in [-0.4, -0.2) is 0 Å². The Morgan fingerprint density at radius 2 is 0.867 bits per heavy atom. The van der Waals surface area contributed by atoms with Gasteiger partial charge in [0.15, 0.2) is 0 Å². The van der Waals surface area contributed by atoms with Crippen molar-refractivity contribution in [2.24, 2.45) is 136 Å². The molecule has 10 saturated carbocycles. The standard InChI is InChI=1S/C98H136/c1-54(2)58-23-20-24-59(42-58)57(7)41-60-29-34-80-86-53-88-83(65-45-68(97(14,15)16)51-69(46-65)98(17,18)19)48-62-31-35-76-78-38-37-75-73-33-30-63(90-70(55(3)4)25-21-26-71(90)56(5)6)49-84(73)81-40-39-79(94(78)93(75)81)77-36-32-61(89(62)92(76)77)47-82(87(88)52-85(86)74-28-22-27-72(60)91(74)80)64-43-66(95(8,9)10)50-67(44-64)96(11,12)13/h20-23,25-29,34,42-46,50-51,54-57,59,61-63,72-73,75-79,81-89,91-94H,24,30-33,35-41,47-49,52-53H2,1-19H3. The number of benzene rings is 3. The molecule has 0 nitrogen and oxygen atoms in total. The zero-order valence-electron chi connectivity index (χ0n) is 65.5. The average Bonchev–Trinajstić information content (AvgIpc) is 1.40. The first kappa shape index (κ1) is 68.5. The fraction of sp³-hybridized carbons (Fsp3) is 0.694. The Morgan fingerprint density at radius 1 is 0.418 bits per heavy atom. The number of fused-ring (bicyclic) bond motifs is 9. The van der Waals surface area contributed by atoms with Crippen molar-refractivity contribution in [1.29, 1.82) is 0 Å². The number of hydrogen-bond donors (Lipinski definition) is 0. The smallest absolute Gasteiger partial charge is 0.0120 e. The number of rotatable bonds is 9. The van der Waals surface area contributed by atoms with Crippen LogP contribution in [0.25, 0.3) is 0 Å². The molecule has 13 aliphatic carbocycles. The second-order valence-electron chi connectivity index (χ2n) is 42.3. The zero-order chi connectivity index (χ0) is 68.7. The molecule has 98 heavy (non-hydrogen) atoms. The lowest BCUT2D eigenvalue weighted by atomic mass is 9.39. The minimum Gasteiger partial charge on any atom is -0.0837 e. The summed E-state index contributed by atoms with van der Waals surface area (Å²) in [4.78, 5) is 0. The predicted octanol–water partition coefficient (Wildman–Crippen LogP) is 26.6. The lowest BCUT2D eigenvalue weighted by Crippen LogP contribution is -2.60. The van der Waals surface area contributed by atoms with E-state index in [0.717, 1.165) is 88.8 Å². The highest BCUT2D eigenvalue weighted by molar-refractivity contribution is 5.51. The van der Waals surface area contributed by atoms with Crippen LogP contribution in [0.4, 0.5) is 0 Å². The maximum Gasteiger partial charge on any atom is 0.0120 e. The molecular formula is C98H136. The summed E-state index contributed by atoms with van der Waals surface area (Å²) in [7, 11) is 0. The first-order chi connectivity index (χ1) is 46.5. The number of allylic oxidation sites excluding steroid dienone is 12. The van der Waals surface area contributed by atoms with Crippen LogP contribution >= 0.6 is 0 Å². The normalized spacial score (nSPS) is 39.6. The molecule has 0 saturated heterocycles. The molecule has 528 valence electrons. The molecule has 16 rings (SSSR count). The van der Waals surface area contributed by atoms with Gasteiger partial charge in [0, 0.05) is 11.8 Å². The molecule has 0 bridgehead atoms. The molecular weight excluding hydrogens is 1180 g/mol. The maximum absolute atomic E-state index is 2.87. The van der Waals surface area contributed by atoms with Gasteiger partial charge in [0.25, 0.3) is 0 Å². The fourth-order valence-electron chi connectivity index (χ4n) is 27.9. The van der Waals surface area contributed by atoms with Gasteiger partial charge in [0.1, 0.15) is 0 Å². The van der Waals surface area contributed by atoms with Crippen LogP contribution in [0.3, 0.4) is 0 Å². The summed E-state index contributed by atoms with van der Waals surface area (Å²) in [6, 6.07) is 24.3. The topological polar surface area (TPSA) is 0 Å². The highest BCUT2D eigenvalue weighted by atomic mass is 14.7. The van der Waals surface area contributed by atoms with Crippen LogP contribution in [0, 0.1) is 136 Å². The first-order valence-corrected chi connectivity index (χ1v) is 42.1. The molecule has 13 aliphatic rings. The van der Waals surface area contributed by atoms with Gasteiger partial charge in [-0.2, -0.15) is 0 Å². The van der Waals surface area contributed by atoms with E-state index in [9.17, 15) is 0 Å². The number of hydrogen-bond acceptors (Lipinski definition) is 0. The van der Waals surface area contributed by atoms with Crippen molar-refractivity contribution < 1.29 is 0 Å². The Kier molecular flexibility index (Phi) is 17.6. The Bertz CT molecular complexity index is 3590. The average molecular weight is 1310 g/mol. The van der Waals surface area contributed by atoms with Crippen molar-refractivity contribution in [3.05, 3.63) is 176 Å². The van der Waals surface area contributed by atoms with Crippen LogP contribution in [0.1, 0.15) is 320 Å². The van der Waals surface area contributed by atoms with E-state index in [1.807, 2.05) is 16.7 Å². The summed E-state index contributed by atoms with van der Waals surface area (Å²) in [6.07, 6.45) is 45.8. The van der Waals surface area contributed by atoms with E-state index in [0.29, 0.717) is 76.9 Å². The Hall–Kier alpha value is -3.90. The summed E-state index contributed by atoms with van der Waals surface area (Å²) in [6.45, 7) is 47.6. The third kappa shape index (κ3) is 11.7. The van der Waals surface area contributed by atoms with Crippen molar-refractivity contribution in [2.75, 3.05) is 0 Å². The molecule has 3 aromatic carbocycles. The molecule has 25 unspecified atom stereocenters. The Morgan fingerprint density at radius 3 is 1.35 bits per heavy atom. The predicted molar refractivity (Wildman–Crippen MR) is 417 cm³/mol. The second-order valence-corrected chi connectivity index (χ2v) is 42.3. The largest absolute Gasteiger partial charge is 0.0837 e. The van der Waals surface area contributed by atoms with Gasteiger partial charge in [-0.15, -0.1) is 0 Å². The summed E-state index contributed by atoms with van der Waals surface area (Å²) in [5.74, 6) is 21.6. The van der Waals surface area contributed by atoms with E-state index in [-0.39, 0.29) is 21.7 Å². The van der Waals surface area contributed by atoms with Crippen molar-refractivity contribution in [3.8, 4) is 0 Å². The fourth-order valence-corrected chi connectivity index (χ4v) is 27.9. The van der Waals surface area contributed by atoms with Crippen LogP contribution < -0.4 is 0 Å². The molecule has 0 aromatic heterocycles. The van der Waals surface area contributed by atoms with Crippen LogP contribution in [0.5, 0.6) is 0 Å². The van der Waals surface area contributed by atoms with Gasteiger partial charge in [-0.3, -0.25) is 0 Å². The molecule has 3 aromatic rings. The lowest BCUT2D eigenvalue weighted by molar-refractivity contribution is -0.179. The van der Waals surface area contributed by atoms with Crippen molar-refractivity contribution >= 4 is 0 Å². The second kappa shape index (κ2) is 25.2. The van der Waals surface area contributed by atoms with Gasteiger partial charge >= 0.3 is 0 Å². The van der Waals surface area contributed by atoms with E-state index in [2.05, 4.69) is 235 Å². The van der Waals surface area contributed by atoms with Gasteiger partial charge in [0.2, 0.25) is 0 Å². The third-order valence-electron chi connectivity index (χ3n) is 32.3. The Labute approximate surface area is 600 Å². The van der Waals surface area contributed by atoms with E-state index in [1.54, 1.807) is 81.3 Å². The van der Waals surface area contributed by atoms with E-state index < -0.39 is 0 Å². The molecule has 0 aliphatic heterocycles. The molecule has 0 amide bonds. The van der Waals surface area contributed by atoms with Crippen molar-refractivity contribution in [3.63, 3.8) is 0 Å². The molecule has 10 fully saturated rings.